The van der Waals surface area contributed by atoms with Crippen LogP contribution in [0.1, 0.15) is 49.1 Å². The zero-order chi connectivity index (χ0) is 30.0. The minimum Gasteiger partial charge on any atom is -0.341 e. The molecule has 2 heterocycles. The maximum atomic E-state index is 15.4. The Kier molecular flexibility index (Phi) is 6.96. The average molecular weight is 602 g/mol. The van der Waals surface area contributed by atoms with Gasteiger partial charge in [0, 0.05) is 51.9 Å². The molecule has 0 spiro atoms. The topological polar surface area (TPSA) is 63.1 Å². The first-order valence-corrected chi connectivity index (χ1v) is 12.1. The molecule has 0 aliphatic carbocycles. The van der Waals surface area contributed by atoms with Crippen molar-refractivity contribution in [1.82, 2.24) is 9.88 Å². The number of alkyl halides is 5. The van der Waals surface area contributed by atoms with Crippen molar-refractivity contribution in [3.63, 3.8) is 0 Å². The Balaban J connectivity index is 1.76. The van der Waals surface area contributed by atoms with E-state index in [0.717, 1.165) is 29.8 Å². The van der Waals surface area contributed by atoms with Crippen molar-refractivity contribution in [2.75, 3.05) is 5.32 Å². The smallest absolute Gasteiger partial charge is 0.341 e. The van der Waals surface area contributed by atoms with Gasteiger partial charge in [-0.3, -0.25) is 9.59 Å². The Morgan fingerprint density at radius 1 is 1.07 bits per heavy atom. The Morgan fingerprint density at radius 3 is 2.44 bits per heavy atom. The van der Waals surface area contributed by atoms with E-state index in [4.69, 9.17) is 11.6 Å². The highest BCUT2D eigenvalue weighted by molar-refractivity contribution is 6.31. The standard InChI is InChI=1S/C27H16ClF8N3O2/c1-39-18(9-19(31)32)15-8-17(37-25(40)10-4-11(27(34,35)36)6-13(30)5-10)21-22(20(15)24(39)33)26(41)38-23(21)14-7-12(29)2-3-16(14)28/h2-8,19,23H,9H2,1H3,(H,37,40)(H,38,41). The minimum absolute atomic E-state index is 0.0112. The number of fused-ring (bicyclic) bond motifs is 3. The molecule has 1 aliphatic heterocycles. The van der Waals surface area contributed by atoms with E-state index in [-0.39, 0.29) is 49.9 Å². The lowest BCUT2D eigenvalue weighted by Crippen LogP contribution is -2.21. The fourth-order valence-electron chi connectivity index (χ4n) is 4.96. The number of hydrogen-bond acceptors (Lipinski definition) is 2. The monoisotopic (exact) mass is 601 g/mol. The highest BCUT2D eigenvalue weighted by Gasteiger charge is 2.39. The summed E-state index contributed by atoms with van der Waals surface area (Å²) >= 11 is 6.24. The second-order valence-electron chi connectivity index (χ2n) is 9.28. The lowest BCUT2D eigenvalue weighted by Gasteiger charge is -2.19. The van der Waals surface area contributed by atoms with Crippen LogP contribution in [0.15, 0.2) is 42.5 Å². The molecule has 0 bridgehead atoms. The number of rotatable bonds is 5. The SMILES string of the molecule is Cn1c(CC(F)F)c2cc(NC(=O)c3cc(F)cc(C(F)(F)F)c3)c3c(c2c1F)C(=O)NC3c1cc(F)ccc1Cl. The van der Waals surface area contributed by atoms with E-state index >= 15 is 4.39 Å². The van der Waals surface area contributed by atoms with Gasteiger partial charge < -0.3 is 15.2 Å². The van der Waals surface area contributed by atoms with Crippen molar-refractivity contribution in [3.05, 3.63) is 98.6 Å². The Labute approximate surface area is 230 Å². The number of carbonyl (C=O) groups excluding carboxylic acids is 2. The third-order valence-electron chi connectivity index (χ3n) is 6.73. The maximum absolute atomic E-state index is 15.4. The minimum atomic E-state index is -4.99. The van der Waals surface area contributed by atoms with E-state index in [0.29, 0.717) is 12.1 Å². The molecule has 214 valence electrons. The van der Waals surface area contributed by atoms with Crippen LogP contribution in [-0.2, 0) is 19.6 Å². The third kappa shape index (κ3) is 4.98. The number of carbonyl (C=O) groups is 2. The molecule has 41 heavy (non-hydrogen) atoms. The predicted octanol–water partition coefficient (Wildman–Crippen LogP) is 7.16. The van der Waals surface area contributed by atoms with E-state index in [1.807, 2.05) is 0 Å². The zero-order valence-electron chi connectivity index (χ0n) is 20.6. The van der Waals surface area contributed by atoms with Crippen molar-refractivity contribution < 1.29 is 44.7 Å². The Hall–Kier alpha value is -4.13. The van der Waals surface area contributed by atoms with Crippen LogP contribution in [0.3, 0.4) is 0 Å². The van der Waals surface area contributed by atoms with Crippen LogP contribution in [0.25, 0.3) is 10.8 Å². The lowest BCUT2D eigenvalue weighted by molar-refractivity contribution is -0.137. The number of hydrogen-bond donors (Lipinski definition) is 2. The van der Waals surface area contributed by atoms with E-state index in [9.17, 15) is 40.3 Å². The molecule has 5 rings (SSSR count). The van der Waals surface area contributed by atoms with Gasteiger partial charge in [0.15, 0.2) is 0 Å². The van der Waals surface area contributed by atoms with E-state index in [2.05, 4.69) is 10.6 Å². The summed E-state index contributed by atoms with van der Waals surface area (Å²) in [6.45, 7) is 0. The first-order valence-electron chi connectivity index (χ1n) is 11.7. The Bertz CT molecular complexity index is 1750. The van der Waals surface area contributed by atoms with Gasteiger partial charge in [-0.25, -0.2) is 17.6 Å². The molecular weight excluding hydrogens is 586 g/mol. The second kappa shape index (κ2) is 10.1. The highest BCUT2D eigenvalue weighted by Crippen LogP contribution is 2.45. The molecule has 0 fully saturated rings. The van der Waals surface area contributed by atoms with Gasteiger partial charge >= 0.3 is 6.18 Å². The summed E-state index contributed by atoms with van der Waals surface area (Å²) < 4.78 is 111. The van der Waals surface area contributed by atoms with Crippen molar-refractivity contribution in [1.29, 1.82) is 0 Å². The van der Waals surface area contributed by atoms with Gasteiger partial charge in [0.05, 0.1) is 22.6 Å². The molecule has 0 saturated carbocycles. The summed E-state index contributed by atoms with van der Waals surface area (Å²) in [5.41, 5.74) is -3.29. The summed E-state index contributed by atoms with van der Waals surface area (Å²) in [6, 6.07) is 4.10. The van der Waals surface area contributed by atoms with Crippen molar-refractivity contribution in [3.8, 4) is 0 Å². The van der Waals surface area contributed by atoms with Crippen LogP contribution >= 0.6 is 11.6 Å². The van der Waals surface area contributed by atoms with E-state index in [1.165, 1.54) is 6.07 Å². The number of nitrogens with zero attached hydrogens (tertiary/aromatic N) is 1. The summed E-state index contributed by atoms with van der Waals surface area (Å²) in [5, 5.41) is 4.22. The molecule has 1 unspecified atom stereocenters. The van der Waals surface area contributed by atoms with Crippen LogP contribution in [-0.4, -0.2) is 22.8 Å². The maximum Gasteiger partial charge on any atom is 0.416 e. The number of anilines is 1. The molecule has 1 atom stereocenters. The summed E-state index contributed by atoms with van der Waals surface area (Å²) in [7, 11) is 1.15. The summed E-state index contributed by atoms with van der Waals surface area (Å²) in [5.74, 6) is -5.35. The van der Waals surface area contributed by atoms with Crippen LogP contribution < -0.4 is 10.6 Å². The largest absolute Gasteiger partial charge is 0.416 e. The number of nitrogens with one attached hydrogen (secondary N) is 2. The van der Waals surface area contributed by atoms with Gasteiger partial charge in [0.1, 0.15) is 11.6 Å². The molecule has 3 aromatic carbocycles. The van der Waals surface area contributed by atoms with Crippen LogP contribution in [0.2, 0.25) is 5.02 Å². The molecule has 5 nitrogen and oxygen atoms in total. The molecule has 0 radical (unpaired) electrons. The number of amides is 2. The van der Waals surface area contributed by atoms with Crippen molar-refractivity contribution in [2.45, 2.75) is 25.1 Å². The van der Waals surface area contributed by atoms with Crippen LogP contribution in [0, 0.1) is 17.6 Å². The molecule has 1 aliphatic rings. The van der Waals surface area contributed by atoms with Gasteiger partial charge in [-0.15, -0.1) is 0 Å². The second-order valence-corrected chi connectivity index (χ2v) is 9.69. The van der Waals surface area contributed by atoms with Gasteiger partial charge in [-0.1, -0.05) is 11.6 Å². The highest BCUT2D eigenvalue weighted by atomic mass is 35.5. The number of benzene rings is 3. The molecule has 14 heteroatoms. The molecule has 0 saturated heterocycles. The quantitative estimate of drug-likeness (QED) is 0.239. The van der Waals surface area contributed by atoms with E-state index in [1.54, 1.807) is 0 Å². The van der Waals surface area contributed by atoms with Crippen molar-refractivity contribution >= 4 is 39.9 Å². The summed E-state index contributed by atoms with van der Waals surface area (Å²) in [4.78, 5) is 26.3. The van der Waals surface area contributed by atoms with Crippen molar-refractivity contribution in [2.24, 2.45) is 7.05 Å². The van der Waals surface area contributed by atoms with Gasteiger partial charge in [-0.05, 0) is 42.5 Å². The molecule has 4 aromatic rings. The Morgan fingerprint density at radius 2 is 1.78 bits per heavy atom. The molecule has 1 aromatic heterocycles. The predicted molar refractivity (Wildman–Crippen MR) is 133 cm³/mol. The fraction of sp³-hybridized carbons (Fsp3) is 0.185. The van der Waals surface area contributed by atoms with Gasteiger partial charge in [0.25, 0.3) is 11.8 Å². The first-order chi connectivity index (χ1) is 19.2. The normalized spacial score (nSPS) is 15.0. The van der Waals surface area contributed by atoms with Crippen LogP contribution in [0.5, 0.6) is 0 Å². The average Bonchev–Trinajstić information content (AvgIpc) is 3.34. The molecule has 2 amide bonds. The summed E-state index contributed by atoms with van der Waals surface area (Å²) in [6.07, 6.45) is -8.86. The molecule has 2 N–H and O–H groups in total. The zero-order valence-corrected chi connectivity index (χ0v) is 21.3. The van der Waals surface area contributed by atoms with Crippen LogP contribution in [0.4, 0.5) is 40.8 Å². The van der Waals surface area contributed by atoms with Gasteiger partial charge in [-0.2, -0.15) is 17.6 Å². The number of halogens is 9. The van der Waals surface area contributed by atoms with Gasteiger partial charge in [0.2, 0.25) is 12.4 Å². The molecular formula is C27H16ClF8N3O2. The lowest BCUT2D eigenvalue weighted by atomic mass is 9.92. The first kappa shape index (κ1) is 28.4. The van der Waals surface area contributed by atoms with E-state index < -0.39 is 65.6 Å². The fourth-order valence-corrected chi connectivity index (χ4v) is 5.19. The number of aromatic nitrogens is 1. The third-order valence-corrected chi connectivity index (χ3v) is 7.07.